The number of aromatic nitrogens is 4. The predicted molar refractivity (Wildman–Crippen MR) is 329 cm³/mol. The van der Waals surface area contributed by atoms with Crippen LogP contribution in [-0.2, 0) is 50.7 Å². The van der Waals surface area contributed by atoms with Crippen LogP contribution in [0.15, 0.2) is 73.4 Å². The number of unbranched alkanes of at least 4 members (excludes halogenated alkanes) is 17. The average Bonchev–Trinajstić information content (AvgIpc) is 2.05. The molecule has 2 unspecified atom stereocenters. The Morgan fingerprint density at radius 3 is 1.79 bits per heavy atom. The number of amides is 2. The maximum Gasteiger partial charge on any atom is 0.481 e. The van der Waals surface area contributed by atoms with E-state index in [4.69, 9.17) is 19.5 Å². The van der Waals surface area contributed by atoms with Gasteiger partial charge in [0.2, 0.25) is 11.8 Å². The first kappa shape index (κ1) is 75.5. The molecule has 0 aliphatic carbocycles. The lowest BCUT2D eigenvalue weighted by Gasteiger charge is -2.30. The number of aliphatic hydroxyl groups excluding tert-OH is 2. The lowest BCUT2D eigenvalue weighted by atomic mass is 9.87. The number of thioether (sulfide) groups is 1. The van der Waals surface area contributed by atoms with Gasteiger partial charge in [-0.2, -0.15) is 4.31 Å². The Balaban J connectivity index is 1.14. The Labute approximate surface area is 506 Å². The molecule has 0 saturated carbocycles. The van der Waals surface area contributed by atoms with E-state index in [2.05, 4.69) is 102 Å². The second-order valence-corrected chi connectivity index (χ2v) is 27.0. The number of hydrogen-bond donors (Lipinski definition) is 9. The summed E-state index contributed by atoms with van der Waals surface area (Å²) in [7, 11) is -16.4. The van der Waals surface area contributed by atoms with Crippen molar-refractivity contribution in [1.29, 1.82) is 0 Å². The average molecular weight is 1280 g/mol. The summed E-state index contributed by atoms with van der Waals surface area (Å²) in [5.74, 6) is -1.03. The van der Waals surface area contributed by atoms with Gasteiger partial charge in [0.05, 0.1) is 19.5 Å². The van der Waals surface area contributed by atoms with Crippen molar-refractivity contribution in [3.63, 3.8) is 0 Å². The summed E-state index contributed by atoms with van der Waals surface area (Å²) in [6.07, 6.45) is 43.6. The number of allylic oxidation sites excluding steroid dienone is 10. The molecule has 1 fully saturated rings. The normalized spacial score (nSPS) is 18.8. The zero-order chi connectivity index (χ0) is 62.4. The monoisotopic (exact) mass is 1280 g/mol. The molecule has 1 aliphatic rings. The highest BCUT2D eigenvalue weighted by atomic mass is 32.2. The highest BCUT2D eigenvalue weighted by molar-refractivity contribution is 8.13. The standard InChI is InChI=1S/C57H96N7O17P3S/c1-4-5-6-7-8-9-10-11-12-13-14-15-16-17-18-19-20-21-22-23-24-25-26-27-28-29-30-31-32-33-34-35-36-37-48(66)85-41-40-59-47(65)38-39-60-55(69)52(68)57(2,3)43-78-84(75,76)81-83(73,74)77-42-46-51(80-82(70,71)72)50(67)56(79-46)64-45-63-49-53(58)61-44-62-54(49)64/h8-9,11-12,14-15,17-18,20-21,44-46,50-52,56,67-68H,4-7,10,13,16,19,22-43H2,1-3H3,(H,59,65)(H,60,69)(H,73,74)(H,75,76)(H2,58,61,62)(H2,70,71,72)/b9-8-,12-11-,15-14-,18-17-,21-20-/t46-,50-,51-,52+,56-/m1/s1. The van der Waals surface area contributed by atoms with Crippen LogP contribution in [0.5, 0.6) is 0 Å². The molecule has 482 valence electrons. The number of nitrogens with two attached hydrogens (primary N) is 1. The minimum absolute atomic E-state index is 0.0331. The van der Waals surface area contributed by atoms with Crippen molar-refractivity contribution in [2.24, 2.45) is 5.41 Å². The number of nitrogen functional groups attached to an aromatic ring is 1. The molecule has 1 aliphatic heterocycles. The van der Waals surface area contributed by atoms with Gasteiger partial charge in [0.1, 0.15) is 36.3 Å². The van der Waals surface area contributed by atoms with Gasteiger partial charge < -0.3 is 50.9 Å². The first-order valence-corrected chi connectivity index (χ1v) is 35.4. The number of nitrogens with one attached hydrogen (secondary N) is 2. The molecule has 85 heavy (non-hydrogen) atoms. The van der Waals surface area contributed by atoms with Gasteiger partial charge in [-0.05, 0) is 57.8 Å². The van der Waals surface area contributed by atoms with Gasteiger partial charge in [-0.1, -0.05) is 183 Å². The minimum atomic E-state index is -5.58. The summed E-state index contributed by atoms with van der Waals surface area (Å²) < 4.78 is 62.7. The molecule has 0 bridgehead atoms. The van der Waals surface area contributed by atoms with E-state index in [1.807, 2.05) is 0 Å². The maximum atomic E-state index is 12.8. The van der Waals surface area contributed by atoms with Crippen molar-refractivity contribution in [3.05, 3.63) is 73.4 Å². The fourth-order valence-corrected chi connectivity index (χ4v) is 12.4. The Bertz CT molecular complexity index is 2560. The molecule has 2 aromatic heterocycles. The van der Waals surface area contributed by atoms with Crippen molar-refractivity contribution < 1.29 is 80.5 Å². The second kappa shape index (κ2) is 42.2. The minimum Gasteiger partial charge on any atom is -0.386 e. The molecule has 10 N–H and O–H groups in total. The zero-order valence-electron chi connectivity index (χ0n) is 49.8. The number of ether oxygens (including phenoxy) is 1. The van der Waals surface area contributed by atoms with Crippen molar-refractivity contribution in [1.82, 2.24) is 30.2 Å². The van der Waals surface area contributed by atoms with Crippen LogP contribution < -0.4 is 16.4 Å². The summed E-state index contributed by atoms with van der Waals surface area (Å²) >= 11 is 1.16. The lowest BCUT2D eigenvalue weighted by molar-refractivity contribution is -0.137. The first-order valence-electron chi connectivity index (χ1n) is 29.9. The zero-order valence-corrected chi connectivity index (χ0v) is 53.3. The van der Waals surface area contributed by atoms with Gasteiger partial charge in [0.25, 0.3) is 0 Å². The number of anilines is 1. The van der Waals surface area contributed by atoms with Crippen LogP contribution in [0.4, 0.5) is 5.82 Å². The van der Waals surface area contributed by atoms with Crippen molar-refractivity contribution in [3.8, 4) is 0 Å². The molecule has 3 rings (SSSR count). The van der Waals surface area contributed by atoms with Gasteiger partial charge in [-0.3, -0.25) is 32.5 Å². The molecular formula is C57H96N7O17P3S. The molecule has 0 radical (unpaired) electrons. The predicted octanol–water partition coefficient (Wildman–Crippen LogP) is 10.8. The van der Waals surface area contributed by atoms with E-state index in [0.29, 0.717) is 12.2 Å². The number of nitrogens with zero attached hydrogens (tertiary/aromatic N) is 4. The van der Waals surface area contributed by atoms with Crippen LogP contribution in [0.2, 0.25) is 0 Å². The van der Waals surface area contributed by atoms with E-state index in [0.717, 1.165) is 73.9 Å². The van der Waals surface area contributed by atoms with Crippen LogP contribution in [0.1, 0.15) is 188 Å². The number of carbonyl (C=O) groups is 3. The third-order valence-electron chi connectivity index (χ3n) is 13.7. The highest BCUT2D eigenvalue weighted by Gasteiger charge is 2.50. The molecule has 7 atom stereocenters. The molecule has 2 aromatic rings. The maximum absolute atomic E-state index is 12.8. The van der Waals surface area contributed by atoms with E-state index < -0.39 is 84.6 Å². The number of fused-ring (bicyclic) bond motifs is 1. The molecule has 1 saturated heterocycles. The van der Waals surface area contributed by atoms with Gasteiger partial charge in [0, 0.05) is 37.1 Å². The first-order chi connectivity index (χ1) is 40.6. The summed E-state index contributed by atoms with van der Waals surface area (Å²) in [5.41, 5.74) is 4.30. The van der Waals surface area contributed by atoms with Gasteiger partial charge in [-0.15, -0.1) is 0 Å². The third kappa shape index (κ3) is 33.4. The number of aliphatic hydroxyl groups is 2. The molecule has 2 amide bonds. The molecule has 0 aromatic carbocycles. The number of rotatable bonds is 48. The summed E-state index contributed by atoms with van der Waals surface area (Å²) in [4.78, 5) is 88.8. The fourth-order valence-electron chi connectivity index (χ4n) is 8.85. The van der Waals surface area contributed by atoms with E-state index in [-0.39, 0.29) is 41.6 Å². The van der Waals surface area contributed by atoms with Crippen LogP contribution in [0.3, 0.4) is 0 Å². The van der Waals surface area contributed by atoms with Gasteiger partial charge in [-0.25, -0.2) is 28.6 Å². The van der Waals surface area contributed by atoms with E-state index in [9.17, 15) is 57.9 Å². The number of phosphoric acid groups is 3. The topological polar surface area (TPSA) is 364 Å². The SMILES string of the molecule is CCCCC/C=C\C/C=C\C/C=C\C/C=C\C/C=C\CCCCCCCCCCCCCCCCC(=O)SCCNC(=O)CCNC(=O)[C@H](O)C(C)(C)COP(=O)(O)OP(=O)(O)OC[C@H]1O[C@@H](n2cnc3c(N)ncnc32)[C@H](O)[C@@H]1OP(=O)(O)O. The smallest absolute Gasteiger partial charge is 0.386 e. The Hall–Kier alpha value is -3.74. The third-order valence-corrected chi connectivity index (χ3v) is 17.7. The Morgan fingerprint density at radius 1 is 0.718 bits per heavy atom. The second-order valence-electron chi connectivity index (χ2n) is 21.6. The van der Waals surface area contributed by atoms with Crippen LogP contribution in [0, 0.1) is 5.41 Å². The van der Waals surface area contributed by atoms with Crippen LogP contribution >= 0.6 is 35.2 Å². The summed E-state index contributed by atoms with van der Waals surface area (Å²) in [5, 5.41) is 26.8. The van der Waals surface area contributed by atoms with Crippen LogP contribution in [-0.4, -0.2) is 123 Å². The summed E-state index contributed by atoms with van der Waals surface area (Å²) in [6.45, 7) is 2.81. The quantitative estimate of drug-likeness (QED) is 0.0169. The molecule has 24 nitrogen and oxygen atoms in total. The highest BCUT2D eigenvalue weighted by Crippen LogP contribution is 2.61. The number of phosphoric ester groups is 3. The van der Waals surface area contributed by atoms with Gasteiger partial charge >= 0.3 is 23.5 Å². The number of carbonyl (C=O) groups excluding carboxylic acids is 3. The largest absolute Gasteiger partial charge is 0.481 e. The number of hydrogen-bond acceptors (Lipinski definition) is 18. The molecule has 3 heterocycles. The van der Waals surface area contributed by atoms with Crippen molar-refractivity contribution in [2.75, 3.05) is 37.8 Å². The lowest BCUT2D eigenvalue weighted by Crippen LogP contribution is -2.46. The fraction of sp³-hybridized carbons (Fsp3) is 0.684. The Kier molecular flexibility index (Phi) is 37.5. The Morgan fingerprint density at radius 2 is 1.24 bits per heavy atom. The van der Waals surface area contributed by atoms with E-state index in [1.165, 1.54) is 117 Å². The summed E-state index contributed by atoms with van der Waals surface area (Å²) in [6, 6.07) is 0. The van der Waals surface area contributed by atoms with Gasteiger partial charge in [0.15, 0.2) is 22.8 Å². The molecule has 28 heteroatoms. The van der Waals surface area contributed by atoms with Crippen molar-refractivity contribution >= 4 is 69.1 Å². The van der Waals surface area contributed by atoms with Crippen molar-refractivity contribution in [2.45, 2.75) is 212 Å². The molecule has 0 spiro atoms. The van der Waals surface area contributed by atoms with E-state index >= 15 is 0 Å². The van der Waals surface area contributed by atoms with Crippen LogP contribution in [0.25, 0.3) is 11.2 Å². The van der Waals surface area contributed by atoms with E-state index in [1.54, 1.807) is 0 Å². The molecular weight excluding hydrogens is 1180 g/mol. The number of imidazole rings is 1.